The van der Waals surface area contributed by atoms with Gasteiger partial charge in [-0.05, 0) is 44.2 Å². The lowest BCUT2D eigenvalue weighted by molar-refractivity contribution is 0.472. The molecule has 0 aliphatic rings. The highest BCUT2D eigenvalue weighted by Crippen LogP contribution is 2.04. The average Bonchev–Trinajstić information content (AvgIpc) is 2.74. The second-order valence-corrected chi connectivity index (χ2v) is 6.23. The summed E-state index contributed by atoms with van der Waals surface area (Å²) >= 11 is 0. The molecule has 112 valence electrons. The summed E-state index contributed by atoms with van der Waals surface area (Å²) in [4.78, 5) is 0. The summed E-state index contributed by atoms with van der Waals surface area (Å²) in [5.74, 6) is 1.37. The molecule has 0 aromatic carbocycles. The van der Waals surface area contributed by atoms with Crippen molar-refractivity contribution in [2.45, 2.75) is 59.9 Å². The average molecular weight is 268 g/mol. The van der Waals surface area contributed by atoms with Gasteiger partial charge in [0.25, 0.3) is 0 Å². The van der Waals surface area contributed by atoms with Gasteiger partial charge in [0.2, 0.25) is 0 Å². The Morgan fingerprint density at radius 3 is 2.63 bits per heavy atom. The molecule has 0 saturated heterocycles. The minimum Gasteiger partial charge on any atom is -0.316 e. The quantitative estimate of drug-likeness (QED) is 0.663. The van der Waals surface area contributed by atoms with Gasteiger partial charge in [0, 0.05) is 14.2 Å². The van der Waals surface area contributed by atoms with Crippen molar-refractivity contribution < 1.29 is 1.43 Å². The fourth-order valence-corrected chi connectivity index (χ4v) is 2.04. The molecule has 0 unspecified atom stereocenters. The smallest absolute Gasteiger partial charge is 0.0827 e. The van der Waals surface area contributed by atoms with Crippen molar-refractivity contribution in [3.8, 4) is 0 Å². The van der Waals surface area contributed by atoms with Gasteiger partial charge in [-0.3, -0.25) is 4.68 Å². The van der Waals surface area contributed by atoms with Crippen LogP contribution in [0.5, 0.6) is 0 Å². The van der Waals surface area contributed by atoms with Crippen molar-refractivity contribution in [1.29, 1.82) is 0 Å². The molecule has 1 N–H and O–H groups in total. The fraction of sp³-hybridized carbons (Fsp3) is 0.867. The molecular weight excluding hydrogens is 236 g/mol. The molecule has 4 heteroatoms. The Bertz CT molecular complexity index is 336. The van der Waals surface area contributed by atoms with Crippen LogP contribution in [0.2, 0.25) is 0 Å². The van der Waals surface area contributed by atoms with E-state index >= 15 is 0 Å². The molecule has 0 aliphatic carbocycles. The van der Waals surface area contributed by atoms with Gasteiger partial charge >= 0.3 is 0 Å². The Balaban J connectivity index is 0.00000361. The summed E-state index contributed by atoms with van der Waals surface area (Å²) < 4.78 is 1.96. The van der Waals surface area contributed by atoms with Crippen LogP contribution in [-0.4, -0.2) is 28.1 Å². The molecule has 0 radical (unpaired) electrons. The number of rotatable bonds is 10. The summed E-state index contributed by atoms with van der Waals surface area (Å²) in [6, 6.07) is 0. The number of hydrogen-bond acceptors (Lipinski definition) is 3. The van der Waals surface area contributed by atoms with Gasteiger partial charge in [-0.2, -0.15) is 0 Å². The van der Waals surface area contributed by atoms with E-state index in [-0.39, 0.29) is 1.43 Å². The van der Waals surface area contributed by atoms with Crippen molar-refractivity contribution in [1.82, 2.24) is 20.3 Å². The molecule has 1 aromatic heterocycles. The van der Waals surface area contributed by atoms with E-state index in [1.165, 1.54) is 19.3 Å². The maximum absolute atomic E-state index is 4.22. The highest BCUT2D eigenvalue weighted by molar-refractivity contribution is 4.92. The highest BCUT2D eigenvalue weighted by atomic mass is 15.4. The molecule has 0 fully saturated rings. The summed E-state index contributed by atoms with van der Waals surface area (Å²) in [6.07, 6.45) is 6.89. The predicted molar refractivity (Wildman–Crippen MR) is 82.2 cm³/mol. The van der Waals surface area contributed by atoms with Crippen LogP contribution in [0.3, 0.4) is 0 Å². The summed E-state index contributed by atoms with van der Waals surface area (Å²) in [7, 11) is 0. The standard InChI is InChI=1S/C15H30N4.H2/c1-13(2)10-16-9-7-5-6-8-15-12-19(18-17-15)11-14(3)4;/h12-14,16H,5-11H2,1-4H3;1H. The number of unbranched alkanes of at least 4 members (excludes halogenated alkanes) is 2. The summed E-state index contributed by atoms with van der Waals surface area (Å²) in [5, 5.41) is 11.9. The molecule has 0 spiro atoms. The molecule has 1 rings (SSSR count). The van der Waals surface area contributed by atoms with Gasteiger partial charge in [0.05, 0.1) is 5.69 Å². The maximum atomic E-state index is 4.22. The van der Waals surface area contributed by atoms with Crippen LogP contribution < -0.4 is 5.32 Å². The molecule has 0 amide bonds. The zero-order valence-electron chi connectivity index (χ0n) is 13.0. The van der Waals surface area contributed by atoms with Crippen LogP contribution in [0, 0.1) is 11.8 Å². The lowest BCUT2D eigenvalue weighted by Gasteiger charge is -2.06. The van der Waals surface area contributed by atoms with E-state index < -0.39 is 0 Å². The van der Waals surface area contributed by atoms with E-state index in [1.807, 2.05) is 4.68 Å². The first-order chi connectivity index (χ1) is 9.08. The van der Waals surface area contributed by atoms with E-state index in [0.717, 1.165) is 37.7 Å². The van der Waals surface area contributed by atoms with E-state index in [9.17, 15) is 0 Å². The van der Waals surface area contributed by atoms with Gasteiger partial charge in [0.15, 0.2) is 0 Å². The predicted octanol–water partition coefficient (Wildman–Crippen LogP) is 3.14. The Morgan fingerprint density at radius 2 is 1.95 bits per heavy atom. The van der Waals surface area contributed by atoms with Crippen LogP contribution in [-0.2, 0) is 13.0 Å². The highest BCUT2D eigenvalue weighted by Gasteiger charge is 2.02. The molecule has 0 atom stereocenters. The SMILES string of the molecule is CC(C)CNCCCCCc1cn(CC(C)C)nn1.[HH]. The van der Waals surface area contributed by atoms with Gasteiger partial charge in [-0.1, -0.05) is 39.3 Å². The van der Waals surface area contributed by atoms with Crippen LogP contribution in [0.1, 0.15) is 54.1 Å². The monoisotopic (exact) mass is 268 g/mol. The van der Waals surface area contributed by atoms with Gasteiger partial charge in [-0.25, -0.2) is 0 Å². The first kappa shape index (κ1) is 16.2. The zero-order chi connectivity index (χ0) is 14.1. The first-order valence-electron chi connectivity index (χ1n) is 7.67. The van der Waals surface area contributed by atoms with Gasteiger partial charge < -0.3 is 5.32 Å². The Hall–Kier alpha value is -0.900. The Kier molecular flexibility index (Phi) is 7.72. The van der Waals surface area contributed by atoms with Crippen LogP contribution >= 0.6 is 0 Å². The van der Waals surface area contributed by atoms with Gasteiger partial charge in [-0.15, -0.1) is 5.10 Å². The van der Waals surface area contributed by atoms with Crippen LogP contribution in [0.4, 0.5) is 0 Å². The minimum absolute atomic E-state index is 0. The van der Waals surface area contributed by atoms with E-state index in [4.69, 9.17) is 0 Å². The molecule has 19 heavy (non-hydrogen) atoms. The number of aryl methyl sites for hydroxylation is 1. The third-order valence-electron chi connectivity index (χ3n) is 2.98. The third kappa shape index (κ3) is 7.98. The fourth-order valence-electron chi connectivity index (χ4n) is 2.04. The molecule has 0 bridgehead atoms. The number of aromatic nitrogens is 3. The summed E-state index contributed by atoms with van der Waals surface area (Å²) in [6.45, 7) is 12.1. The molecular formula is C15H32N4. The van der Waals surface area contributed by atoms with E-state index in [2.05, 4.69) is 49.5 Å². The second kappa shape index (κ2) is 9.08. The molecule has 4 nitrogen and oxygen atoms in total. The van der Waals surface area contributed by atoms with Crippen molar-refractivity contribution >= 4 is 0 Å². The molecule has 1 heterocycles. The zero-order valence-corrected chi connectivity index (χ0v) is 13.0. The van der Waals surface area contributed by atoms with E-state index in [1.54, 1.807) is 0 Å². The van der Waals surface area contributed by atoms with Crippen molar-refractivity contribution in [3.05, 3.63) is 11.9 Å². The lowest BCUT2D eigenvalue weighted by Crippen LogP contribution is -2.20. The lowest BCUT2D eigenvalue weighted by atomic mass is 10.1. The topological polar surface area (TPSA) is 42.7 Å². The molecule has 1 aromatic rings. The second-order valence-electron chi connectivity index (χ2n) is 6.23. The maximum Gasteiger partial charge on any atom is 0.0827 e. The third-order valence-corrected chi connectivity index (χ3v) is 2.98. The molecule has 0 aliphatic heterocycles. The van der Waals surface area contributed by atoms with Gasteiger partial charge in [0.1, 0.15) is 0 Å². The van der Waals surface area contributed by atoms with Crippen LogP contribution in [0.15, 0.2) is 6.20 Å². The van der Waals surface area contributed by atoms with Crippen molar-refractivity contribution in [2.24, 2.45) is 11.8 Å². The number of hydrogen-bond donors (Lipinski definition) is 1. The van der Waals surface area contributed by atoms with Crippen LogP contribution in [0.25, 0.3) is 0 Å². The summed E-state index contributed by atoms with van der Waals surface area (Å²) in [5.41, 5.74) is 1.13. The Labute approximate surface area is 119 Å². The normalized spacial score (nSPS) is 11.7. The van der Waals surface area contributed by atoms with Crippen molar-refractivity contribution in [3.63, 3.8) is 0 Å². The minimum atomic E-state index is 0. The van der Waals surface area contributed by atoms with E-state index in [0.29, 0.717) is 5.92 Å². The largest absolute Gasteiger partial charge is 0.316 e. The number of nitrogens with one attached hydrogen (secondary N) is 1. The number of nitrogens with zero attached hydrogens (tertiary/aromatic N) is 3. The first-order valence-corrected chi connectivity index (χ1v) is 7.67. The molecule has 0 saturated carbocycles. The van der Waals surface area contributed by atoms with Crippen molar-refractivity contribution in [2.75, 3.05) is 13.1 Å². The Morgan fingerprint density at radius 1 is 1.16 bits per heavy atom.